The van der Waals surface area contributed by atoms with Gasteiger partial charge in [0, 0.05) is 5.75 Å². The van der Waals surface area contributed by atoms with Crippen LogP contribution in [-0.2, 0) is 13.0 Å². The lowest BCUT2D eigenvalue weighted by Gasteiger charge is -2.09. The number of thioether (sulfide) groups is 1. The molecule has 27 heavy (non-hydrogen) atoms. The first-order valence-corrected chi connectivity index (χ1v) is 9.70. The maximum absolute atomic E-state index is 6.12. The Kier molecular flexibility index (Phi) is 6.24. The monoisotopic (exact) mass is 384 g/mol. The quantitative estimate of drug-likeness (QED) is 0.473. The van der Waals surface area contributed by atoms with Crippen LogP contribution in [0.1, 0.15) is 22.5 Å². The van der Waals surface area contributed by atoms with E-state index < -0.39 is 0 Å². The van der Waals surface area contributed by atoms with E-state index in [1.54, 1.807) is 18.9 Å². The average molecular weight is 385 g/mol. The summed E-state index contributed by atoms with van der Waals surface area (Å²) in [7, 11) is 1.67. The molecule has 0 spiro atoms. The molecule has 0 saturated carbocycles. The van der Waals surface area contributed by atoms with Crippen molar-refractivity contribution in [2.45, 2.75) is 32.0 Å². The lowest BCUT2D eigenvalue weighted by molar-refractivity contribution is 0.289. The average Bonchev–Trinajstić information content (AvgIpc) is 3.01. The van der Waals surface area contributed by atoms with Gasteiger partial charge in [0.25, 0.3) is 0 Å². The largest absolute Gasteiger partial charge is 0.497 e. The minimum Gasteiger partial charge on any atom is -0.497 e. The van der Waals surface area contributed by atoms with Gasteiger partial charge in [0.1, 0.15) is 18.1 Å². The fourth-order valence-electron chi connectivity index (χ4n) is 2.66. The summed E-state index contributed by atoms with van der Waals surface area (Å²) in [6.07, 6.45) is 0.913. The number of nitrogens with two attached hydrogens (primary N) is 1. The van der Waals surface area contributed by atoms with Crippen LogP contribution >= 0.6 is 11.8 Å². The van der Waals surface area contributed by atoms with Crippen LogP contribution in [0.25, 0.3) is 0 Å². The van der Waals surface area contributed by atoms with Gasteiger partial charge in [0.2, 0.25) is 5.16 Å². The fourth-order valence-corrected chi connectivity index (χ4v) is 3.52. The second-order valence-electron chi connectivity index (χ2n) is 6.27. The number of rotatable bonds is 8. The Bertz CT molecular complexity index is 893. The Morgan fingerprint density at radius 1 is 1.07 bits per heavy atom. The minimum atomic E-state index is 0.284. The fraction of sp³-hybridized carbons (Fsp3) is 0.300. The molecule has 1 heterocycles. The van der Waals surface area contributed by atoms with Crippen LogP contribution in [0, 0.1) is 13.8 Å². The number of nitrogens with zero attached hydrogens (tertiary/aromatic N) is 3. The molecule has 0 unspecified atom stereocenters. The van der Waals surface area contributed by atoms with E-state index in [1.807, 2.05) is 31.2 Å². The van der Waals surface area contributed by atoms with Gasteiger partial charge in [-0.05, 0) is 49.6 Å². The number of benzene rings is 2. The molecule has 2 aromatic carbocycles. The zero-order valence-electron chi connectivity index (χ0n) is 15.8. The molecule has 6 nitrogen and oxygen atoms in total. The number of methoxy groups -OCH3 is 1. The summed E-state index contributed by atoms with van der Waals surface area (Å²) in [5.74, 6) is 9.27. The van der Waals surface area contributed by atoms with Crippen LogP contribution < -0.4 is 15.3 Å². The van der Waals surface area contributed by atoms with Crippen LogP contribution in [0.2, 0.25) is 0 Å². The highest BCUT2D eigenvalue weighted by Crippen LogP contribution is 2.21. The molecule has 1 aromatic heterocycles. The van der Waals surface area contributed by atoms with Crippen molar-refractivity contribution in [1.29, 1.82) is 0 Å². The maximum atomic E-state index is 6.12. The van der Waals surface area contributed by atoms with E-state index in [0.29, 0.717) is 11.0 Å². The van der Waals surface area contributed by atoms with E-state index in [0.717, 1.165) is 29.2 Å². The van der Waals surface area contributed by atoms with Crippen LogP contribution in [0.3, 0.4) is 0 Å². The standard InChI is InChI=1S/C20H24N4O2S/c1-14-4-9-18(15(2)12-14)26-13-19-22-23-20(24(19)21)27-11-10-16-5-7-17(25-3)8-6-16/h4-9,12H,10-11,13,21H2,1-3H3. The predicted octanol–water partition coefficient (Wildman–Crippen LogP) is 3.53. The third-order valence-corrected chi connectivity index (χ3v) is 5.15. The van der Waals surface area contributed by atoms with Gasteiger partial charge in [-0.3, -0.25) is 0 Å². The summed E-state index contributed by atoms with van der Waals surface area (Å²) in [5.41, 5.74) is 3.54. The van der Waals surface area contributed by atoms with Crippen LogP contribution in [-0.4, -0.2) is 27.7 Å². The van der Waals surface area contributed by atoms with Gasteiger partial charge < -0.3 is 15.3 Å². The lowest BCUT2D eigenvalue weighted by atomic mass is 10.1. The molecular formula is C20H24N4O2S. The normalized spacial score (nSPS) is 10.8. The molecule has 0 saturated heterocycles. The van der Waals surface area contributed by atoms with Gasteiger partial charge in [-0.15, -0.1) is 10.2 Å². The highest BCUT2D eigenvalue weighted by Gasteiger charge is 2.11. The van der Waals surface area contributed by atoms with Crippen LogP contribution in [0.5, 0.6) is 11.5 Å². The summed E-state index contributed by atoms with van der Waals surface area (Å²) in [6.45, 7) is 4.37. The van der Waals surface area contributed by atoms with Crippen molar-refractivity contribution in [1.82, 2.24) is 14.9 Å². The Labute approximate surface area is 163 Å². The Hall–Kier alpha value is -2.67. The molecule has 0 aliphatic rings. The molecule has 0 atom stereocenters. The molecule has 0 radical (unpaired) electrons. The van der Waals surface area contributed by atoms with E-state index in [2.05, 4.69) is 35.3 Å². The highest BCUT2D eigenvalue weighted by molar-refractivity contribution is 7.99. The predicted molar refractivity (Wildman–Crippen MR) is 108 cm³/mol. The number of hydrogen-bond donors (Lipinski definition) is 1. The minimum absolute atomic E-state index is 0.284. The maximum Gasteiger partial charge on any atom is 0.209 e. The van der Waals surface area contributed by atoms with Crippen molar-refractivity contribution in [3.05, 3.63) is 65.0 Å². The van der Waals surface area contributed by atoms with E-state index in [-0.39, 0.29) is 6.61 Å². The van der Waals surface area contributed by atoms with Gasteiger partial charge in [-0.1, -0.05) is 41.6 Å². The Morgan fingerprint density at radius 2 is 1.85 bits per heavy atom. The zero-order chi connectivity index (χ0) is 19.2. The molecule has 0 aliphatic heterocycles. The second kappa shape index (κ2) is 8.81. The molecule has 0 bridgehead atoms. The molecule has 7 heteroatoms. The van der Waals surface area contributed by atoms with E-state index >= 15 is 0 Å². The van der Waals surface area contributed by atoms with Crippen LogP contribution in [0.15, 0.2) is 47.6 Å². The summed E-state index contributed by atoms with van der Waals surface area (Å²) < 4.78 is 12.5. The van der Waals surface area contributed by atoms with Crippen LogP contribution in [0.4, 0.5) is 0 Å². The highest BCUT2D eigenvalue weighted by atomic mass is 32.2. The van der Waals surface area contributed by atoms with Crippen molar-refractivity contribution in [2.75, 3.05) is 18.7 Å². The zero-order valence-corrected chi connectivity index (χ0v) is 16.6. The third kappa shape index (κ3) is 4.95. The number of ether oxygens (including phenoxy) is 2. The Balaban J connectivity index is 1.53. The van der Waals surface area contributed by atoms with Crippen molar-refractivity contribution >= 4 is 11.8 Å². The van der Waals surface area contributed by atoms with Crippen molar-refractivity contribution < 1.29 is 9.47 Å². The van der Waals surface area contributed by atoms with Gasteiger partial charge in [0.15, 0.2) is 5.82 Å². The molecule has 2 N–H and O–H groups in total. The van der Waals surface area contributed by atoms with Gasteiger partial charge in [0.05, 0.1) is 7.11 Å². The smallest absolute Gasteiger partial charge is 0.209 e. The Morgan fingerprint density at radius 3 is 2.56 bits per heavy atom. The van der Waals surface area contributed by atoms with Crippen molar-refractivity contribution in [3.63, 3.8) is 0 Å². The van der Waals surface area contributed by atoms with Gasteiger partial charge >= 0.3 is 0 Å². The lowest BCUT2D eigenvalue weighted by Crippen LogP contribution is -2.16. The van der Waals surface area contributed by atoms with Crippen molar-refractivity contribution in [3.8, 4) is 11.5 Å². The third-order valence-electron chi connectivity index (χ3n) is 4.20. The first-order chi connectivity index (χ1) is 13.1. The molecule has 0 aliphatic carbocycles. The number of nitrogen functional groups attached to an aromatic ring is 1. The van der Waals surface area contributed by atoms with Gasteiger partial charge in [-0.2, -0.15) is 0 Å². The van der Waals surface area contributed by atoms with Gasteiger partial charge in [-0.25, -0.2) is 4.68 Å². The second-order valence-corrected chi connectivity index (χ2v) is 7.34. The first-order valence-electron chi connectivity index (χ1n) is 8.72. The molecular weight excluding hydrogens is 360 g/mol. The SMILES string of the molecule is COc1ccc(CCSc2nnc(COc3ccc(C)cc3C)n2N)cc1. The molecule has 3 aromatic rings. The topological polar surface area (TPSA) is 75.2 Å². The van der Waals surface area contributed by atoms with E-state index in [4.69, 9.17) is 15.3 Å². The first kappa shape index (κ1) is 19.1. The molecule has 0 amide bonds. The number of hydrogen-bond acceptors (Lipinski definition) is 6. The molecule has 142 valence electrons. The molecule has 0 fully saturated rings. The van der Waals surface area contributed by atoms with E-state index in [1.165, 1.54) is 15.8 Å². The summed E-state index contributed by atoms with van der Waals surface area (Å²) in [6, 6.07) is 14.1. The number of aryl methyl sites for hydroxylation is 3. The summed E-state index contributed by atoms with van der Waals surface area (Å²) in [5, 5.41) is 9.01. The number of aromatic nitrogens is 3. The van der Waals surface area contributed by atoms with E-state index in [9.17, 15) is 0 Å². The summed E-state index contributed by atoms with van der Waals surface area (Å²) >= 11 is 1.58. The molecule has 3 rings (SSSR count). The van der Waals surface area contributed by atoms with Crippen molar-refractivity contribution in [2.24, 2.45) is 0 Å². The summed E-state index contributed by atoms with van der Waals surface area (Å²) in [4.78, 5) is 0.